The van der Waals surface area contributed by atoms with Crippen molar-refractivity contribution in [3.05, 3.63) is 0 Å². The zero-order valence-corrected chi connectivity index (χ0v) is 12.5. The number of hydrogen-bond acceptors (Lipinski definition) is 3. The molecule has 0 amide bonds. The first-order valence-corrected chi connectivity index (χ1v) is 8.18. The first kappa shape index (κ1) is 13.4. The number of hydrogen-bond donors (Lipinski definition) is 0. The smallest absolute Gasteiger partial charge is 0.145 e. The summed E-state index contributed by atoms with van der Waals surface area (Å²) < 4.78 is 0. The van der Waals surface area contributed by atoms with Gasteiger partial charge in [-0.15, -0.1) is 0 Å². The van der Waals surface area contributed by atoms with Gasteiger partial charge in [-0.2, -0.15) is 0 Å². The third-order valence-electron chi connectivity index (χ3n) is 5.33. The maximum absolute atomic E-state index is 5.85. The highest BCUT2D eigenvalue weighted by Crippen LogP contribution is 2.37. The highest BCUT2D eigenvalue weighted by molar-refractivity contribution is 5.87. The molecule has 3 aliphatic rings. The quantitative estimate of drug-likeness (QED) is 0.761. The van der Waals surface area contributed by atoms with Crippen LogP contribution in [-0.4, -0.2) is 35.3 Å². The van der Waals surface area contributed by atoms with E-state index in [1.54, 1.807) is 0 Å². The Hall–Kier alpha value is -0.570. The minimum Gasteiger partial charge on any atom is -0.389 e. The van der Waals surface area contributed by atoms with E-state index in [0.717, 1.165) is 12.5 Å². The van der Waals surface area contributed by atoms with Gasteiger partial charge in [-0.05, 0) is 18.8 Å². The summed E-state index contributed by atoms with van der Waals surface area (Å²) in [6.45, 7) is 6.87. The summed E-state index contributed by atoms with van der Waals surface area (Å²) in [4.78, 5) is 8.58. The Balaban J connectivity index is 1.52. The van der Waals surface area contributed by atoms with Crippen molar-refractivity contribution in [1.29, 1.82) is 0 Å². The highest BCUT2D eigenvalue weighted by Gasteiger charge is 2.43. The molecule has 2 heterocycles. The molecular weight excluding hydrogens is 236 g/mol. The predicted octanol–water partition coefficient (Wildman–Crippen LogP) is 3.59. The first-order valence-electron chi connectivity index (χ1n) is 8.18. The maximum atomic E-state index is 5.85. The monoisotopic (exact) mass is 264 g/mol. The van der Waals surface area contributed by atoms with Crippen LogP contribution in [0.2, 0.25) is 0 Å². The van der Waals surface area contributed by atoms with Gasteiger partial charge in [-0.3, -0.25) is 0 Å². The summed E-state index contributed by atoms with van der Waals surface area (Å²) in [5, 5.41) is 4.35. The lowest BCUT2D eigenvalue weighted by molar-refractivity contribution is -0.0698. The fraction of sp³-hybridized carbons (Fsp3) is 0.938. The van der Waals surface area contributed by atoms with E-state index in [9.17, 15) is 0 Å². The lowest BCUT2D eigenvalue weighted by atomic mass is 9.83. The van der Waals surface area contributed by atoms with Crippen LogP contribution in [0.5, 0.6) is 0 Å². The van der Waals surface area contributed by atoms with E-state index >= 15 is 0 Å². The number of rotatable bonds is 2. The van der Waals surface area contributed by atoms with Crippen molar-refractivity contribution < 1.29 is 4.84 Å². The Bertz CT molecular complexity index is 337. The fourth-order valence-electron chi connectivity index (χ4n) is 3.87. The van der Waals surface area contributed by atoms with Gasteiger partial charge in [0.05, 0.1) is 5.71 Å². The summed E-state index contributed by atoms with van der Waals surface area (Å²) in [7, 11) is 0. The lowest BCUT2D eigenvalue weighted by Gasteiger charge is -2.42. The largest absolute Gasteiger partial charge is 0.389 e. The van der Waals surface area contributed by atoms with Gasteiger partial charge in [0.2, 0.25) is 0 Å². The van der Waals surface area contributed by atoms with Crippen LogP contribution in [0, 0.1) is 5.92 Å². The zero-order valence-electron chi connectivity index (χ0n) is 12.5. The van der Waals surface area contributed by atoms with Crippen molar-refractivity contribution in [3.8, 4) is 0 Å². The van der Waals surface area contributed by atoms with Crippen LogP contribution in [0.15, 0.2) is 5.16 Å². The third-order valence-corrected chi connectivity index (χ3v) is 5.33. The molecule has 0 aromatic carbocycles. The van der Waals surface area contributed by atoms with Gasteiger partial charge in [0.25, 0.3) is 0 Å². The molecule has 2 aliphatic heterocycles. The molecule has 19 heavy (non-hydrogen) atoms. The van der Waals surface area contributed by atoms with Crippen molar-refractivity contribution in [2.75, 3.05) is 13.1 Å². The highest BCUT2D eigenvalue weighted by atomic mass is 16.7. The van der Waals surface area contributed by atoms with Crippen LogP contribution in [-0.2, 0) is 4.84 Å². The van der Waals surface area contributed by atoms with Crippen LogP contribution in [0.4, 0.5) is 0 Å². The average molecular weight is 264 g/mol. The first-order chi connectivity index (χ1) is 9.19. The van der Waals surface area contributed by atoms with E-state index in [4.69, 9.17) is 4.84 Å². The molecule has 0 aromatic heterocycles. The Morgan fingerprint density at radius 1 is 1.16 bits per heavy atom. The second kappa shape index (κ2) is 5.43. The van der Waals surface area contributed by atoms with Gasteiger partial charge in [0.1, 0.15) is 5.60 Å². The molecule has 3 rings (SSSR count). The molecule has 0 unspecified atom stereocenters. The van der Waals surface area contributed by atoms with Crippen LogP contribution in [0.25, 0.3) is 0 Å². The van der Waals surface area contributed by atoms with Crippen LogP contribution in [0.3, 0.4) is 0 Å². The van der Waals surface area contributed by atoms with E-state index in [0.29, 0.717) is 5.92 Å². The Morgan fingerprint density at radius 2 is 1.84 bits per heavy atom. The molecule has 108 valence electrons. The molecule has 0 radical (unpaired) electrons. The van der Waals surface area contributed by atoms with Gasteiger partial charge >= 0.3 is 0 Å². The van der Waals surface area contributed by atoms with Gasteiger partial charge < -0.3 is 9.74 Å². The predicted molar refractivity (Wildman–Crippen MR) is 78.4 cm³/mol. The molecule has 0 aromatic rings. The Morgan fingerprint density at radius 3 is 2.42 bits per heavy atom. The van der Waals surface area contributed by atoms with Gasteiger partial charge in [-0.1, -0.05) is 38.3 Å². The Kier molecular flexibility index (Phi) is 3.84. The second-order valence-electron chi connectivity index (χ2n) is 7.02. The number of nitrogens with zero attached hydrogens (tertiary/aromatic N) is 2. The van der Waals surface area contributed by atoms with Gasteiger partial charge in [-0.25, -0.2) is 0 Å². The van der Waals surface area contributed by atoms with E-state index in [1.165, 1.54) is 63.7 Å². The molecule has 1 aliphatic carbocycles. The summed E-state index contributed by atoms with van der Waals surface area (Å²) in [6, 6.07) is 0.859. The summed E-state index contributed by atoms with van der Waals surface area (Å²) in [5.74, 6) is 0.538. The fourth-order valence-corrected chi connectivity index (χ4v) is 3.87. The SMILES string of the molecule is CC(C)C1=NOC2(CCN(C3CCCCC3)CC2)C1. The summed E-state index contributed by atoms with van der Waals surface area (Å²) in [6.07, 6.45) is 10.6. The number of piperidine rings is 1. The molecule has 1 saturated heterocycles. The van der Waals surface area contributed by atoms with E-state index in [-0.39, 0.29) is 5.60 Å². The van der Waals surface area contributed by atoms with E-state index in [1.807, 2.05) is 0 Å². The third kappa shape index (κ3) is 2.81. The minimum absolute atomic E-state index is 0.0603. The minimum atomic E-state index is 0.0603. The topological polar surface area (TPSA) is 24.8 Å². The average Bonchev–Trinajstić information content (AvgIpc) is 2.85. The molecule has 3 nitrogen and oxygen atoms in total. The molecule has 2 fully saturated rings. The molecule has 0 atom stereocenters. The van der Waals surface area contributed by atoms with E-state index in [2.05, 4.69) is 23.9 Å². The normalized spacial score (nSPS) is 28.7. The molecule has 1 saturated carbocycles. The van der Waals surface area contributed by atoms with Crippen LogP contribution in [0.1, 0.15) is 65.2 Å². The van der Waals surface area contributed by atoms with Crippen molar-refractivity contribution in [3.63, 3.8) is 0 Å². The van der Waals surface area contributed by atoms with Crippen LogP contribution < -0.4 is 0 Å². The van der Waals surface area contributed by atoms with Crippen molar-refractivity contribution in [1.82, 2.24) is 4.90 Å². The summed E-state index contributed by atoms with van der Waals surface area (Å²) in [5.41, 5.74) is 1.33. The van der Waals surface area contributed by atoms with Crippen molar-refractivity contribution in [2.45, 2.75) is 76.9 Å². The van der Waals surface area contributed by atoms with Gasteiger partial charge in [0, 0.05) is 38.4 Å². The second-order valence-corrected chi connectivity index (χ2v) is 7.02. The zero-order chi connectivity index (χ0) is 13.3. The molecule has 3 heteroatoms. The number of likely N-dealkylation sites (tertiary alicyclic amines) is 1. The molecule has 0 bridgehead atoms. The number of oxime groups is 1. The Labute approximate surface area is 117 Å². The van der Waals surface area contributed by atoms with E-state index < -0.39 is 0 Å². The summed E-state index contributed by atoms with van der Waals surface area (Å²) >= 11 is 0. The molecule has 1 spiro atoms. The molecule has 0 N–H and O–H groups in total. The molecular formula is C16H28N2O. The maximum Gasteiger partial charge on any atom is 0.145 e. The van der Waals surface area contributed by atoms with Crippen molar-refractivity contribution >= 4 is 5.71 Å². The lowest BCUT2D eigenvalue weighted by Crippen LogP contribution is -2.49. The van der Waals surface area contributed by atoms with Crippen LogP contribution >= 0.6 is 0 Å². The standard InChI is InChI=1S/C16H28N2O/c1-13(2)15-12-16(19-17-15)8-10-18(11-9-16)14-6-4-3-5-7-14/h13-14H,3-12H2,1-2H3. The van der Waals surface area contributed by atoms with Gasteiger partial charge in [0.15, 0.2) is 0 Å². The van der Waals surface area contributed by atoms with Crippen molar-refractivity contribution in [2.24, 2.45) is 11.1 Å².